The summed E-state index contributed by atoms with van der Waals surface area (Å²) in [5.41, 5.74) is 8.58. The number of ether oxygens (including phenoxy) is 1. The van der Waals surface area contributed by atoms with Crippen molar-refractivity contribution >= 4 is 55.6 Å². The molecule has 0 saturated heterocycles. The number of hydrogen-bond donors (Lipinski definition) is 3. The van der Waals surface area contributed by atoms with Gasteiger partial charge in [0.25, 0.3) is 0 Å². The fourth-order valence-corrected chi connectivity index (χ4v) is 3.25. The highest BCUT2D eigenvalue weighted by atomic mass is 16.5. The molecule has 1 unspecified atom stereocenters. The van der Waals surface area contributed by atoms with Gasteiger partial charge in [-0.2, -0.15) is 0 Å². The number of aliphatic hydroxyl groups excluding tert-OH is 1. The number of hydrogen-bond acceptors (Lipinski definition) is 5. The second-order valence-electron chi connectivity index (χ2n) is 7.68. The molecule has 0 aliphatic heterocycles. The Hall–Kier alpha value is -1.70. The van der Waals surface area contributed by atoms with E-state index in [-0.39, 0.29) is 42.9 Å². The van der Waals surface area contributed by atoms with Crippen molar-refractivity contribution < 1.29 is 24.5 Å². The summed E-state index contributed by atoms with van der Waals surface area (Å²) >= 11 is 0. The average molecular weight is 433 g/mol. The highest BCUT2D eigenvalue weighted by Gasteiger charge is 2.38. The Kier molecular flexibility index (Phi) is 15.1. The maximum atomic E-state index is 11.7. The Bertz CT molecular complexity index is 668. The van der Waals surface area contributed by atoms with Crippen LogP contribution in [0.2, 0.25) is 0 Å². The van der Waals surface area contributed by atoms with Crippen LogP contribution in [0.25, 0.3) is 10.4 Å². The highest BCUT2D eigenvalue weighted by Crippen LogP contribution is 2.31. The first-order valence-corrected chi connectivity index (χ1v) is 10.5. The third kappa shape index (κ3) is 11.8. The van der Waals surface area contributed by atoms with E-state index in [4.69, 9.17) is 41.2 Å². The van der Waals surface area contributed by atoms with Gasteiger partial charge in [-0.3, -0.25) is 4.79 Å². The van der Waals surface area contributed by atoms with Crippen molar-refractivity contribution in [1.29, 1.82) is 0 Å². The normalized spacial score (nSPS) is 20.7. The maximum absolute atomic E-state index is 11.7. The fraction of sp³-hybridized carbons (Fsp3) is 0.765. The van der Waals surface area contributed by atoms with Crippen LogP contribution in [0.3, 0.4) is 0 Å². The maximum Gasteiger partial charge on any atom is 0.331 e. The minimum Gasteiger partial charge on any atom is -0.478 e. The molecule has 0 heterocycles. The highest BCUT2D eigenvalue weighted by molar-refractivity contribution is 7.76. The molecule has 0 bridgehead atoms. The number of carboxylic acids is 1. The first-order chi connectivity index (χ1) is 15.0. The van der Waals surface area contributed by atoms with Crippen molar-refractivity contribution in [2.75, 3.05) is 6.54 Å². The van der Waals surface area contributed by atoms with E-state index in [2.05, 4.69) is 15.3 Å². The van der Waals surface area contributed by atoms with Gasteiger partial charge in [-0.05, 0) is 43.2 Å². The molecule has 15 heteroatoms. The summed E-state index contributed by atoms with van der Waals surface area (Å²) in [5.74, 6) is -1.65. The number of aliphatic hydroxyl groups is 1. The Morgan fingerprint density at radius 1 is 1.31 bits per heavy atom. The minimum atomic E-state index is -1.04. The van der Waals surface area contributed by atoms with Gasteiger partial charge >= 0.3 is 5.97 Å². The van der Waals surface area contributed by atoms with Crippen molar-refractivity contribution in [3.05, 3.63) is 22.1 Å². The summed E-state index contributed by atoms with van der Waals surface area (Å²) in [6.07, 6.45) is 0.699. The van der Waals surface area contributed by atoms with Crippen molar-refractivity contribution in [1.82, 2.24) is 5.32 Å². The number of amides is 1. The molecule has 0 saturated carbocycles. The topological polar surface area (TPSA) is 145 Å². The Balaban J connectivity index is 0.00000140. The number of carboxylic acid groups (broad SMARTS) is 1. The first kappa shape index (κ1) is 30.3. The molecule has 1 rings (SSSR count). The molecule has 0 fully saturated rings. The van der Waals surface area contributed by atoms with Gasteiger partial charge in [-0.1, -0.05) is 19.0 Å². The van der Waals surface area contributed by atoms with E-state index in [0.717, 1.165) is 12.8 Å². The summed E-state index contributed by atoms with van der Waals surface area (Å²) in [6, 6.07) is -0.461. The molecule has 0 aromatic carbocycles. The van der Waals surface area contributed by atoms with E-state index in [9.17, 15) is 19.8 Å². The number of rotatable bonds is 11. The van der Waals surface area contributed by atoms with E-state index < -0.39 is 37.0 Å². The number of aliphatic carboxylic acids is 1. The number of nitrogens with zero attached hydrogens (tertiary/aromatic N) is 3. The summed E-state index contributed by atoms with van der Waals surface area (Å²) in [4.78, 5) is 25.8. The SMILES string of the molecule is CCC(CC)O[C@@H]1C=C(C(=O)O)C[C@H](CC(O)CN=[N+]=[N-])[C@H]1NC(C)=O.[B]B([B])B([B])[B]. The summed E-state index contributed by atoms with van der Waals surface area (Å²) in [6.45, 7) is 5.24. The molecule has 1 amide bonds. The third-order valence-corrected chi connectivity index (χ3v) is 4.99. The standard InChI is InChI=1S/C17H28N4O5.B6/c1-4-14(5-2)26-15-8-12(17(24)25)6-11(16(15)20-10(3)22)7-13(23)9-19-21-18;1-5(2)6(3)4/h8,11,13-16,23H,4-7,9H2,1-3H3,(H,20,22)(H,24,25);/t11-,13?,15-,16-;/m1./s1. The van der Waals surface area contributed by atoms with E-state index in [1.807, 2.05) is 13.8 Å². The zero-order valence-electron chi connectivity index (χ0n) is 18.9. The number of azide groups is 1. The summed E-state index contributed by atoms with van der Waals surface area (Å²) < 4.78 is 6.06. The van der Waals surface area contributed by atoms with Crippen molar-refractivity contribution in [2.24, 2.45) is 11.0 Å². The summed E-state index contributed by atoms with van der Waals surface area (Å²) in [5, 5.41) is 25.7. The van der Waals surface area contributed by atoms with Gasteiger partial charge in [0.2, 0.25) is 5.91 Å². The van der Waals surface area contributed by atoms with E-state index in [1.54, 1.807) is 6.08 Å². The minimum absolute atomic E-state index is 0.0607. The molecule has 3 N–H and O–H groups in total. The first-order valence-electron chi connectivity index (χ1n) is 10.5. The molecule has 0 aromatic heterocycles. The number of carbonyl (C=O) groups is 2. The van der Waals surface area contributed by atoms with Gasteiger partial charge in [0, 0.05) is 61.1 Å². The van der Waals surface area contributed by atoms with Crippen LogP contribution in [0.1, 0.15) is 46.5 Å². The van der Waals surface area contributed by atoms with Gasteiger partial charge < -0.3 is 20.3 Å². The van der Waals surface area contributed by atoms with E-state index in [0.29, 0.717) is 0 Å². The van der Waals surface area contributed by atoms with Crippen molar-refractivity contribution in [2.45, 2.75) is 70.8 Å². The molecule has 8 radical (unpaired) electrons. The fourth-order valence-electron chi connectivity index (χ4n) is 3.25. The second kappa shape index (κ2) is 16.0. The smallest absolute Gasteiger partial charge is 0.331 e. The average Bonchev–Trinajstić information content (AvgIpc) is 2.72. The Morgan fingerprint density at radius 2 is 1.88 bits per heavy atom. The molecular formula is C17H28B6N4O5. The van der Waals surface area contributed by atoms with E-state index in [1.165, 1.54) is 6.92 Å². The molecular weight excluding hydrogens is 405 g/mol. The zero-order chi connectivity index (χ0) is 24.8. The number of nitrogens with one attached hydrogen (secondary N) is 1. The quantitative estimate of drug-likeness (QED) is 0.180. The van der Waals surface area contributed by atoms with Crippen LogP contribution in [0.15, 0.2) is 16.8 Å². The van der Waals surface area contributed by atoms with Crippen LogP contribution in [0.4, 0.5) is 0 Å². The molecule has 164 valence electrons. The van der Waals surface area contributed by atoms with Crippen LogP contribution >= 0.6 is 0 Å². The third-order valence-electron chi connectivity index (χ3n) is 4.99. The van der Waals surface area contributed by atoms with Gasteiger partial charge in [-0.15, -0.1) is 0 Å². The monoisotopic (exact) mass is 434 g/mol. The lowest BCUT2D eigenvalue weighted by Crippen LogP contribution is -2.52. The van der Waals surface area contributed by atoms with Crippen LogP contribution in [0, 0.1) is 5.92 Å². The van der Waals surface area contributed by atoms with Gasteiger partial charge in [0.1, 0.15) is 0 Å². The summed E-state index contributed by atoms with van der Waals surface area (Å²) in [7, 11) is 19.9. The molecule has 1 aliphatic carbocycles. The lowest BCUT2D eigenvalue weighted by molar-refractivity contribution is -0.133. The molecule has 4 atom stereocenters. The second-order valence-corrected chi connectivity index (χ2v) is 7.68. The van der Waals surface area contributed by atoms with Crippen molar-refractivity contribution in [3.63, 3.8) is 0 Å². The van der Waals surface area contributed by atoms with Gasteiger partial charge in [-0.25, -0.2) is 4.79 Å². The molecule has 9 nitrogen and oxygen atoms in total. The lowest BCUT2D eigenvalue weighted by Gasteiger charge is -2.38. The molecule has 1 aliphatic rings. The van der Waals surface area contributed by atoms with Crippen LogP contribution in [-0.2, 0) is 14.3 Å². The van der Waals surface area contributed by atoms with Gasteiger partial charge in [0.15, 0.2) is 0 Å². The van der Waals surface area contributed by atoms with Crippen LogP contribution in [0.5, 0.6) is 0 Å². The van der Waals surface area contributed by atoms with Crippen LogP contribution in [-0.4, -0.2) is 96.7 Å². The predicted octanol–water partition coefficient (Wildman–Crippen LogP) is -0.128. The lowest BCUT2D eigenvalue weighted by atomic mass is 8.81. The largest absolute Gasteiger partial charge is 0.478 e. The molecule has 0 spiro atoms. The van der Waals surface area contributed by atoms with Crippen LogP contribution < -0.4 is 5.32 Å². The van der Waals surface area contributed by atoms with E-state index >= 15 is 0 Å². The molecule has 32 heavy (non-hydrogen) atoms. The predicted molar refractivity (Wildman–Crippen MR) is 130 cm³/mol. The Labute approximate surface area is 196 Å². The Morgan fingerprint density at radius 3 is 2.28 bits per heavy atom. The number of carbonyl (C=O) groups excluding carboxylic acids is 1. The van der Waals surface area contributed by atoms with Crippen molar-refractivity contribution in [3.8, 4) is 0 Å². The van der Waals surface area contributed by atoms with Gasteiger partial charge in [0.05, 0.1) is 30.9 Å². The molecule has 0 aromatic rings. The zero-order valence-corrected chi connectivity index (χ0v) is 18.9.